The first kappa shape index (κ1) is 20.2. The number of aromatic nitrogens is 3. The fourth-order valence-corrected chi connectivity index (χ4v) is 5.26. The van der Waals surface area contributed by atoms with Crippen LogP contribution in [-0.4, -0.2) is 74.9 Å². The normalized spacial score (nSPS) is 22.4. The predicted octanol–water partition coefficient (Wildman–Crippen LogP) is 1.12. The van der Waals surface area contributed by atoms with Crippen LogP contribution in [0.1, 0.15) is 29.8 Å². The van der Waals surface area contributed by atoms with Crippen molar-refractivity contribution in [2.24, 2.45) is 0 Å². The molecule has 2 fully saturated rings. The molecule has 0 aliphatic carbocycles. The van der Waals surface area contributed by atoms with Crippen molar-refractivity contribution < 1.29 is 15.0 Å². The maximum absolute atomic E-state index is 13.0. The lowest BCUT2D eigenvalue weighted by Gasteiger charge is -2.29. The number of carbonyl (C=O) groups is 1. The Hall–Kier alpha value is -2.69. The third-order valence-corrected chi connectivity index (χ3v) is 7.13. The lowest BCUT2D eigenvalue weighted by Crippen LogP contribution is -2.53. The van der Waals surface area contributed by atoms with Crippen LogP contribution >= 0.6 is 11.3 Å². The number of fused-ring (bicyclic) bond motifs is 1. The highest BCUT2D eigenvalue weighted by molar-refractivity contribution is 7.13. The van der Waals surface area contributed by atoms with Crippen LogP contribution in [0.25, 0.3) is 5.52 Å². The van der Waals surface area contributed by atoms with Gasteiger partial charge in [-0.05, 0) is 31.4 Å². The Kier molecular flexibility index (Phi) is 5.28. The standard InChI is InChI=1S/C21H26N6O3S/c28-14-21(5-10-27(13-21)18-17-2-1-7-25(17)11-6-22-18)24-19(30)16-12-31-20(23-16)26-8-3-15(29)4-9-26/h1-2,6-7,11-12,15,28-29H,3-5,8-10,13-14H2,(H,24,30). The maximum Gasteiger partial charge on any atom is 0.271 e. The van der Waals surface area contributed by atoms with Crippen LogP contribution in [-0.2, 0) is 0 Å². The molecule has 3 aromatic rings. The highest BCUT2D eigenvalue weighted by Gasteiger charge is 2.40. The quantitative estimate of drug-likeness (QED) is 0.544. The van der Waals surface area contributed by atoms with Gasteiger partial charge in [-0.2, -0.15) is 0 Å². The first-order chi connectivity index (χ1) is 15.1. The number of hydrogen-bond acceptors (Lipinski definition) is 8. The summed E-state index contributed by atoms with van der Waals surface area (Å²) in [5.74, 6) is 0.574. The van der Waals surface area contributed by atoms with Crippen LogP contribution in [0.5, 0.6) is 0 Å². The molecule has 0 radical (unpaired) electrons. The van der Waals surface area contributed by atoms with Gasteiger partial charge in [-0.3, -0.25) is 4.79 Å². The predicted molar refractivity (Wildman–Crippen MR) is 119 cm³/mol. The van der Waals surface area contributed by atoms with E-state index in [2.05, 4.69) is 25.1 Å². The average Bonchev–Trinajstić information content (AvgIpc) is 3.53. The van der Waals surface area contributed by atoms with Crippen LogP contribution in [0.4, 0.5) is 10.9 Å². The SMILES string of the molecule is O=C(NC1(CO)CCN(c2nccn3cccc23)C1)c1csc(N2CCC(O)CC2)n1. The van der Waals surface area contributed by atoms with E-state index >= 15 is 0 Å². The number of aliphatic hydroxyl groups is 2. The second-order valence-corrected chi connectivity index (χ2v) is 9.19. The van der Waals surface area contributed by atoms with Crippen molar-refractivity contribution in [2.75, 3.05) is 42.6 Å². The molecule has 0 bridgehead atoms. The Morgan fingerprint density at radius 2 is 2.10 bits per heavy atom. The van der Waals surface area contributed by atoms with Crippen molar-refractivity contribution in [3.05, 3.63) is 41.8 Å². The molecule has 3 N–H and O–H groups in total. The zero-order valence-electron chi connectivity index (χ0n) is 17.1. The van der Waals surface area contributed by atoms with Crippen molar-refractivity contribution in [3.63, 3.8) is 0 Å². The third kappa shape index (κ3) is 3.86. The highest BCUT2D eigenvalue weighted by atomic mass is 32.1. The van der Waals surface area contributed by atoms with E-state index in [0.717, 1.165) is 29.6 Å². The van der Waals surface area contributed by atoms with E-state index < -0.39 is 5.54 Å². The van der Waals surface area contributed by atoms with Crippen LogP contribution in [0.2, 0.25) is 0 Å². The fourth-order valence-electron chi connectivity index (χ4n) is 4.40. The number of amides is 1. The van der Waals surface area contributed by atoms with Gasteiger partial charge >= 0.3 is 0 Å². The Bertz CT molecular complexity index is 1080. The van der Waals surface area contributed by atoms with Gasteiger partial charge in [0.25, 0.3) is 5.91 Å². The number of nitrogens with zero attached hydrogens (tertiary/aromatic N) is 5. The summed E-state index contributed by atoms with van der Waals surface area (Å²) in [6.07, 6.45) is 7.44. The Morgan fingerprint density at radius 3 is 2.90 bits per heavy atom. The van der Waals surface area contributed by atoms with Crippen molar-refractivity contribution in [1.29, 1.82) is 0 Å². The van der Waals surface area contributed by atoms with Crippen LogP contribution in [0.3, 0.4) is 0 Å². The Labute approximate surface area is 184 Å². The molecule has 10 heteroatoms. The van der Waals surface area contributed by atoms with E-state index in [1.807, 2.05) is 28.9 Å². The second kappa shape index (κ2) is 8.10. The molecule has 0 aromatic carbocycles. The summed E-state index contributed by atoms with van der Waals surface area (Å²) in [5.41, 5.74) is 0.625. The Balaban J connectivity index is 1.29. The van der Waals surface area contributed by atoms with Gasteiger partial charge in [-0.15, -0.1) is 11.3 Å². The minimum atomic E-state index is -0.739. The van der Waals surface area contributed by atoms with Crippen LogP contribution < -0.4 is 15.1 Å². The van der Waals surface area contributed by atoms with E-state index in [4.69, 9.17) is 0 Å². The molecule has 0 saturated carbocycles. The summed E-state index contributed by atoms with van der Waals surface area (Å²) in [6.45, 7) is 2.50. The van der Waals surface area contributed by atoms with Gasteiger partial charge in [0.15, 0.2) is 10.9 Å². The summed E-state index contributed by atoms with van der Waals surface area (Å²) in [6, 6.07) is 3.98. The molecule has 2 saturated heterocycles. The van der Waals surface area contributed by atoms with Crippen molar-refractivity contribution in [1.82, 2.24) is 19.7 Å². The van der Waals surface area contributed by atoms with E-state index in [1.54, 1.807) is 11.6 Å². The third-order valence-electron chi connectivity index (χ3n) is 6.23. The molecule has 1 amide bonds. The van der Waals surface area contributed by atoms with Gasteiger partial charge < -0.3 is 29.7 Å². The second-order valence-electron chi connectivity index (χ2n) is 8.35. The molecule has 164 valence electrons. The zero-order valence-corrected chi connectivity index (χ0v) is 18.0. The number of rotatable bonds is 5. The molecular formula is C21H26N6O3S. The molecule has 1 unspecified atom stereocenters. The van der Waals surface area contributed by atoms with Gasteiger partial charge in [0.2, 0.25) is 0 Å². The first-order valence-corrected chi connectivity index (χ1v) is 11.4. The minimum absolute atomic E-state index is 0.152. The molecule has 1 atom stereocenters. The molecule has 5 rings (SSSR count). The lowest BCUT2D eigenvalue weighted by molar-refractivity contribution is 0.0850. The van der Waals surface area contributed by atoms with Gasteiger partial charge in [-0.25, -0.2) is 9.97 Å². The molecule has 9 nitrogen and oxygen atoms in total. The number of carbonyl (C=O) groups excluding carboxylic acids is 1. The maximum atomic E-state index is 13.0. The summed E-state index contributed by atoms with van der Waals surface area (Å²) < 4.78 is 2.01. The molecule has 2 aliphatic rings. The minimum Gasteiger partial charge on any atom is -0.394 e. The fraction of sp³-hybridized carbons (Fsp3) is 0.476. The molecule has 3 aromatic heterocycles. The topological polar surface area (TPSA) is 106 Å². The molecular weight excluding hydrogens is 416 g/mol. The molecule has 5 heterocycles. The Morgan fingerprint density at radius 1 is 1.26 bits per heavy atom. The van der Waals surface area contributed by atoms with Gasteiger partial charge in [-0.1, -0.05) is 0 Å². The van der Waals surface area contributed by atoms with E-state index in [0.29, 0.717) is 38.0 Å². The highest BCUT2D eigenvalue weighted by Crippen LogP contribution is 2.29. The number of piperidine rings is 1. The van der Waals surface area contributed by atoms with Crippen LogP contribution in [0, 0.1) is 0 Å². The molecule has 2 aliphatic heterocycles. The van der Waals surface area contributed by atoms with Crippen molar-refractivity contribution in [3.8, 4) is 0 Å². The summed E-state index contributed by atoms with van der Waals surface area (Å²) in [5, 5.41) is 25.5. The van der Waals surface area contributed by atoms with Crippen molar-refractivity contribution >= 4 is 33.7 Å². The number of aliphatic hydroxyl groups excluding tert-OH is 2. The molecule has 0 spiro atoms. The summed E-state index contributed by atoms with van der Waals surface area (Å²) in [4.78, 5) is 26.2. The monoisotopic (exact) mass is 442 g/mol. The van der Waals surface area contributed by atoms with Gasteiger partial charge in [0.05, 0.1) is 23.8 Å². The van der Waals surface area contributed by atoms with Crippen LogP contribution in [0.15, 0.2) is 36.1 Å². The smallest absolute Gasteiger partial charge is 0.271 e. The average molecular weight is 443 g/mol. The largest absolute Gasteiger partial charge is 0.394 e. The van der Waals surface area contributed by atoms with Gasteiger partial charge in [0, 0.05) is 50.1 Å². The van der Waals surface area contributed by atoms with E-state index in [1.165, 1.54) is 11.3 Å². The first-order valence-electron chi connectivity index (χ1n) is 10.6. The number of thiazole rings is 1. The van der Waals surface area contributed by atoms with E-state index in [9.17, 15) is 15.0 Å². The van der Waals surface area contributed by atoms with Gasteiger partial charge in [0.1, 0.15) is 5.69 Å². The lowest BCUT2D eigenvalue weighted by atomic mass is 10.00. The summed E-state index contributed by atoms with van der Waals surface area (Å²) in [7, 11) is 0. The number of hydrogen-bond donors (Lipinski definition) is 3. The zero-order chi connectivity index (χ0) is 21.4. The van der Waals surface area contributed by atoms with Crippen molar-refractivity contribution in [2.45, 2.75) is 30.9 Å². The number of anilines is 2. The molecule has 31 heavy (non-hydrogen) atoms. The van der Waals surface area contributed by atoms with E-state index in [-0.39, 0.29) is 18.6 Å². The summed E-state index contributed by atoms with van der Waals surface area (Å²) >= 11 is 1.44. The number of nitrogens with one attached hydrogen (secondary N) is 1.